The van der Waals surface area contributed by atoms with E-state index in [0.29, 0.717) is 16.6 Å². The summed E-state index contributed by atoms with van der Waals surface area (Å²) in [6.07, 6.45) is 0. The van der Waals surface area contributed by atoms with E-state index in [1.807, 2.05) is 25.1 Å². The second kappa shape index (κ2) is 6.92. The molecule has 0 saturated carbocycles. The van der Waals surface area contributed by atoms with Gasteiger partial charge in [0.2, 0.25) is 0 Å². The van der Waals surface area contributed by atoms with E-state index in [1.54, 1.807) is 18.2 Å². The first-order chi connectivity index (χ1) is 9.54. The number of benzene rings is 2. The van der Waals surface area contributed by atoms with E-state index < -0.39 is 5.38 Å². The van der Waals surface area contributed by atoms with Crippen molar-refractivity contribution in [2.45, 2.75) is 12.3 Å². The van der Waals surface area contributed by atoms with Crippen LogP contribution in [0.3, 0.4) is 0 Å². The van der Waals surface area contributed by atoms with Crippen molar-refractivity contribution in [3.8, 4) is 5.75 Å². The molecule has 2 rings (SSSR count). The Bertz CT molecular complexity index is 619. The third-order valence-corrected chi connectivity index (χ3v) is 4.52. The van der Waals surface area contributed by atoms with Crippen molar-refractivity contribution in [1.82, 2.24) is 0 Å². The van der Waals surface area contributed by atoms with Crippen LogP contribution in [0.4, 0.5) is 4.39 Å². The van der Waals surface area contributed by atoms with Gasteiger partial charge in [-0.15, -0.1) is 11.6 Å². The number of halogens is 4. The lowest BCUT2D eigenvalue weighted by molar-refractivity contribution is 0.338. The molecule has 0 N–H and O–H groups in total. The lowest BCUT2D eigenvalue weighted by Crippen LogP contribution is -1.99. The van der Waals surface area contributed by atoms with E-state index in [4.69, 9.17) is 16.3 Å². The van der Waals surface area contributed by atoms with Crippen LogP contribution in [0.1, 0.15) is 23.4 Å². The van der Waals surface area contributed by atoms with Gasteiger partial charge in [-0.25, -0.2) is 4.39 Å². The van der Waals surface area contributed by atoms with Crippen LogP contribution in [0.5, 0.6) is 5.75 Å². The quantitative estimate of drug-likeness (QED) is 0.543. The highest BCUT2D eigenvalue weighted by molar-refractivity contribution is 9.10. The molecule has 0 aliphatic carbocycles. The summed E-state index contributed by atoms with van der Waals surface area (Å²) >= 11 is 13.0. The molecule has 0 radical (unpaired) electrons. The van der Waals surface area contributed by atoms with Crippen LogP contribution in [0.15, 0.2) is 45.3 Å². The van der Waals surface area contributed by atoms with E-state index in [-0.39, 0.29) is 5.82 Å². The normalized spacial score (nSPS) is 12.2. The molecule has 2 aromatic carbocycles. The molecule has 2 aromatic rings. The summed E-state index contributed by atoms with van der Waals surface area (Å²) in [7, 11) is 0. The standard InChI is InChI=1S/C15H12Br2ClFO/c1-2-20-13-7-6-9(8-12(13)17)14(18)10-4-3-5-11(16)15(10)19/h3-8,14H,2H2,1H3. The maximum Gasteiger partial charge on any atom is 0.142 e. The Morgan fingerprint density at radius 2 is 1.95 bits per heavy atom. The number of alkyl halides is 1. The highest BCUT2D eigenvalue weighted by atomic mass is 79.9. The van der Waals surface area contributed by atoms with Crippen LogP contribution < -0.4 is 4.74 Å². The fourth-order valence-corrected chi connectivity index (χ4v) is 3.04. The summed E-state index contributed by atoms with van der Waals surface area (Å²) < 4.78 is 20.7. The lowest BCUT2D eigenvalue weighted by atomic mass is 10.0. The maximum absolute atomic E-state index is 14.1. The summed E-state index contributed by atoms with van der Waals surface area (Å²) in [5.41, 5.74) is 1.25. The van der Waals surface area contributed by atoms with Crippen molar-refractivity contribution in [2.75, 3.05) is 6.61 Å². The van der Waals surface area contributed by atoms with Gasteiger partial charge in [0.25, 0.3) is 0 Å². The molecular formula is C15H12Br2ClFO. The molecule has 0 spiro atoms. The van der Waals surface area contributed by atoms with Crippen molar-refractivity contribution in [2.24, 2.45) is 0 Å². The zero-order chi connectivity index (χ0) is 14.7. The van der Waals surface area contributed by atoms with Gasteiger partial charge in [-0.3, -0.25) is 0 Å². The predicted octanol–water partition coefficient (Wildman–Crippen LogP) is 6.08. The topological polar surface area (TPSA) is 9.23 Å². The monoisotopic (exact) mass is 420 g/mol. The van der Waals surface area contributed by atoms with Crippen molar-refractivity contribution >= 4 is 43.5 Å². The molecule has 1 atom stereocenters. The van der Waals surface area contributed by atoms with Gasteiger partial charge in [0, 0.05) is 5.56 Å². The number of ether oxygens (including phenoxy) is 1. The second-order valence-corrected chi connectivity index (χ2v) is 6.27. The molecule has 0 fully saturated rings. The molecule has 1 nitrogen and oxygen atoms in total. The van der Waals surface area contributed by atoms with E-state index >= 15 is 0 Å². The molecule has 1 unspecified atom stereocenters. The van der Waals surface area contributed by atoms with Gasteiger partial charge in [-0.2, -0.15) is 0 Å². The Labute approximate surface area is 139 Å². The predicted molar refractivity (Wildman–Crippen MR) is 87.1 cm³/mol. The summed E-state index contributed by atoms with van der Waals surface area (Å²) in [5, 5.41) is -0.556. The van der Waals surface area contributed by atoms with Crippen molar-refractivity contribution in [1.29, 1.82) is 0 Å². The van der Waals surface area contributed by atoms with Crippen LogP contribution >= 0.6 is 43.5 Å². The molecule has 0 aromatic heterocycles. The Balaban J connectivity index is 2.36. The van der Waals surface area contributed by atoms with Crippen LogP contribution in [-0.4, -0.2) is 6.61 Å². The molecule has 5 heteroatoms. The molecule has 0 aliphatic rings. The van der Waals surface area contributed by atoms with Gasteiger partial charge in [0.15, 0.2) is 0 Å². The van der Waals surface area contributed by atoms with E-state index in [1.165, 1.54) is 0 Å². The molecule has 106 valence electrons. The molecule has 0 heterocycles. The molecule has 0 saturated heterocycles. The molecular weight excluding hydrogens is 410 g/mol. The summed E-state index contributed by atoms with van der Waals surface area (Å²) in [4.78, 5) is 0. The van der Waals surface area contributed by atoms with Crippen molar-refractivity contribution in [3.05, 3.63) is 62.3 Å². The first kappa shape index (κ1) is 15.8. The Morgan fingerprint density at radius 1 is 1.20 bits per heavy atom. The van der Waals surface area contributed by atoms with Gasteiger partial charge in [0.05, 0.1) is 20.9 Å². The van der Waals surface area contributed by atoms with Gasteiger partial charge < -0.3 is 4.74 Å². The highest BCUT2D eigenvalue weighted by Gasteiger charge is 2.18. The molecule has 20 heavy (non-hydrogen) atoms. The summed E-state index contributed by atoms with van der Waals surface area (Å²) in [5.74, 6) is 0.410. The first-order valence-corrected chi connectivity index (χ1v) is 8.07. The molecule has 0 bridgehead atoms. The zero-order valence-electron chi connectivity index (χ0n) is 10.7. The van der Waals surface area contributed by atoms with Crippen molar-refractivity contribution < 1.29 is 9.13 Å². The van der Waals surface area contributed by atoms with E-state index in [2.05, 4.69) is 31.9 Å². The fourth-order valence-electron chi connectivity index (χ4n) is 1.84. The van der Waals surface area contributed by atoms with Gasteiger partial charge in [-0.05, 0) is 62.5 Å². The summed E-state index contributed by atoms with van der Waals surface area (Å²) in [6.45, 7) is 2.50. The smallest absolute Gasteiger partial charge is 0.142 e. The lowest BCUT2D eigenvalue weighted by Gasteiger charge is -2.14. The Hall–Kier alpha value is -0.580. The molecule has 0 amide bonds. The SMILES string of the molecule is CCOc1ccc(C(Cl)c2cccc(Br)c2F)cc1Br. The minimum Gasteiger partial charge on any atom is -0.493 e. The average molecular weight is 423 g/mol. The van der Waals surface area contributed by atoms with Crippen LogP contribution in [-0.2, 0) is 0 Å². The van der Waals surface area contributed by atoms with Crippen LogP contribution in [0.25, 0.3) is 0 Å². The Kier molecular flexibility index (Phi) is 5.47. The minimum absolute atomic E-state index is 0.336. The van der Waals surface area contributed by atoms with Crippen LogP contribution in [0, 0.1) is 5.82 Å². The van der Waals surface area contributed by atoms with E-state index in [9.17, 15) is 4.39 Å². The summed E-state index contributed by atoms with van der Waals surface area (Å²) in [6, 6.07) is 10.6. The highest BCUT2D eigenvalue weighted by Crippen LogP contribution is 2.36. The van der Waals surface area contributed by atoms with Crippen molar-refractivity contribution in [3.63, 3.8) is 0 Å². The third-order valence-electron chi connectivity index (χ3n) is 2.80. The number of hydrogen-bond acceptors (Lipinski definition) is 1. The number of hydrogen-bond donors (Lipinski definition) is 0. The third kappa shape index (κ3) is 3.35. The maximum atomic E-state index is 14.1. The second-order valence-electron chi connectivity index (χ2n) is 4.13. The largest absolute Gasteiger partial charge is 0.493 e. The molecule has 0 aliphatic heterocycles. The van der Waals surface area contributed by atoms with Crippen LogP contribution in [0.2, 0.25) is 0 Å². The van der Waals surface area contributed by atoms with Gasteiger partial charge in [-0.1, -0.05) is 18.2 Å². The minimum atomic E-state index is -0.556. The van der Waals surface area contributed by atoms with E-state index in [0.717, 1.165) is 15.8 Å². The average Bonchev–Trinajstić information content (AvgIpc) is 2.43. The fraction of sp³-hybridized carbons (Fsp3) is 0.200. The van der Waals surface area contributed by atoms with Gasteiger partial charge >= 0.3 is 0 Å². The number of rotatable bonds is 4. The zero-order valence-corrected chi connectivity index (χ0v) is 14.6. The Morgan fingerprint density at radius 3 is 2.60 bits per heavy atom. The first-order valence-electron chi connectivity index (χ1n) is 6.04. The van der Waals surface area contributed by atoms with Gasteiger partial charge in [0.1, 0.15) is 11.6 Å².